The van der Waals surface area contributed by atoms with Gasteiger partial charge in [0.1, 0.15) is 11.5 Å². The number of hydrogen-bond acceptors (Lipinski definition) is 8. The first kappa shape index (κ1) is 37.7. The standard InChI is InChI=1S/C46H48N2O6/c1-25(2)35-31-21-27(5)37(43(51)39(31)33(41(49)45(35)53)23-47-19-17-29-13-9-7-10-14-29)38-28(6)22-32-36(26(3)4)46(54)42(50)34(40(32)44(38)52)24-48-20-18-30-15-11-8-12-16-30/h7-16,21-26,49-54H,17-20H2,1-6H3. The van der Waals surface area contributed by atoms with Gasteiger partial charge in [-0.15, -0.1) is 0 Å². The molecule has 6 aromatic rings. The van der Waals surface area contributed by atoms with E-state index in [4.69, 9.17) is 0 Å². The first-order chi connectivity index (χ1) is 25.8. The minimum Gasteiger partial charge on any atom is -0.507 e. The zero-order valence-electron chi connectivity index (χ0n) is 31.6. The Morgan fingerprint density at radius 1 is 0.500 bits per heavy atom. The molecule has 0 saturated carbocycles. The van der Waals surface area contributed by atoms with Crippen molar-refractivity contribution >= 4 is 34.0 Å². The Hall–Kier alpha value is -6.02. The average Bonchev–Trinajstić information content (AvgIpc) is 3.13. The Morgan fingerprint density at radius 2 is 0.852 bits per heavy atom. The van der Waals surface area contributed by atoms with E-state index in [1.54, 1.807) is 0 Å². The second kappa shape index (κ2) is 15.5. The molecule has 0 fully saturated rings. The molecule has 0 radical (unpaired) electrons. The largest absolute Gasteiger partial charge is 0.507 e. The maximum atomic E-state index is 12.4. The fraction of sp³-hybridized carbons (Fsp3) is 0.261. The van der Waals surface area contributed by atoms with Gasteiger partial charge in [-0.1, -0.05) is 100 Å². The Balaban J connectivity index is 1.59. The SMILES string of the molecule is Cc1cc2c(C(C)C)c(O)c(O)c(C=NCCc3ccccc3)c2c(O)c1-c1c(C)cc2c(C(C)C)c(O)c(O)c(C=NCCc3ccccc3)c2c1O. The van der Waals surface area contributed by atoms with Crippen LogP contribution in [0.5, 0.6) is 34.5 Å². The Morgan fingerprint density at radius 3 is 1.19 bits per heavy atom. The first-order valence-corrected chi connectivity index (χ1v) is 18.4. The van der Waals surface area contributed by atoms with Crippen LogP contribution in [0.3, 0.4) is 0 Å². The van der Waals surface area contributed by atoms with Crippen molar-refractivity contribution in [3.8, 4) is 45.6 Å². The average molecular weight is 725 g/mol. The van der Waals surface area contributed by atoms with Gasteiger partial charge in [0.15, 0.2) is 23.0 Å². The van der Waals surface area contributed by atoms with Crippen LogP contribution in [-0.2, 0) is 12.8 Å². The minimum atomic E-state index is -0.393. The van der Waals surface area contributed by atoms with Crippen molar-refractivity contribution in [2.24, 2.45) is 9.98 Å². The second-order valence-electron chi connectivity index (χ2n) is 14.6. The van der Waals surface area contributed by atoms with Crippen LogP contribution in [0.2, 0.25) is 0 Å². The number of phenols is 6. The molecule has 0 aliphatic heterocycles. The summed E-state index contributed by atoms with van der Waals surface area (Å²) in [5.74, 6) is -2.15. The molecular weight excluding hydrogens is 677 g/mol. The van der Waals surface area contributed by atoms with Gasteiger partial charge >= 0.3 is 0 Å². The van der Waals surface area contributed by atoms with Gasteiger partial charge < -0.3 is 30.6 Å². The molecule has 0 aromatic heterocycles. The van der Waals surface area contributed by atoms with Crippen molar-refractivity contribution in [1.29, 1.82) is 0 Å². The summed E-state index contributed by atoms with van der Waals surface area (Å²) in [6, 6.07) is 23.5. The summed E-state index contributed by atoms with van der Waals surface area (Å²) in [5, 5.41) is 71.8. The molecular formula is C46H48N2O6. The molecule has 0 aliphatic carbocycles. The van der Waals surface area contributed by atoms with Crippen LogP contribution in [-0.4, -0.2) is 56.2 Å². The predicted octanol–water partition coefficient (Wildman–Crippen LogP) is 10.1. The fourth-order valence-corrected chi connectivity index (χ4v) is 7.61. The number of aryl methyl sites for hydroxylation is 2. The highest BCUT2D eigenvalue weighted by atomic mass is 16.3. The highest BCUT2D eigenvalue weighted by Gasteiger charge is 2.29. The van der Waals surface area contributed by atoms with Crippen molar-refractivity contribution in [3.05, 3.63) is 117 Å². The summed E-state index contributed by atoms with van der Waals surface area (Å²) < 4.78 is 0. The molecule has 6 N–H and O–H groups in total. The van der Waals surface area contributed by atoms with Crippen LogP contribution in [0.15, 0.2) is 82.8 Å². The molecule has 6 rings (SSSR count). The van der Waals surface area contributed by atoms with E-state index in [0.29, 0.717) is 70.1 Å². The zero-order chi connectivity index (χ0) is 38.8. The van der Waals surface area contributed by atoms with Gasteiger partial charge in [-0.05, 0) is 71.6 Å². The van der Waals surface area contributed by atoms with Crippen LogP contribution in [0, 0.1) is 13.8 Å². The molecule has 0 unspecified atom stereocenters. The third-order valence-corrected chi connectivity index (χ3v) is 10.2. The number of nitrogens with zero attached hydrogens (tertiary/aromatic N) is 2. The molecule has 8 heteroatoms. The lowest BCUT2D eigenvalue weighted by Crippen LogP contribution is -2.01. The molecule has 0 spiro atoms. The predicted molar refractivity (Wildman–Crippen MR) is 220 cm³/mol. The van der Waals surface area contributed by atoms with Crippen LogP contribution in [0.25, 0.3) is 32.7 Å². The quantitative estimate of drug-likeness (QED) is 0.0579. The Kier molecular flexibility index (Phi) is 10.8. The van der Waals surface area contributed by atoms with Crippen LogP contribution in [0.1, 0.15) is 84.0 Å². The van der Waals surface area contributed by atoms with Crippen LogP contribution in [0.4, 0.5) is 0 Å². The van der Waals surface area contributed by atoms with Crippen molar-refractivity contribution < 1.29 is 30.6 Å². The second-order valence-corrected chi connectivity index (χ2v) is 14.6. The lowest BCUT2D eigenvalue weighted by molar-refractivity contribution is 0.398. The molecule has 6 aromatic carbocycles. The molecule has 0 heterocycles. The number of hydrogen-bond donors (Lipinski definition) is 6. The van der Waals surface area contributed by atoms with Crippen molar-refractivity contribution in [2.75, 3.05) is 13.1 Å². The fourth-order valence-electron chi connectivity index (χ4n) is 7.61. The van der Waals surface area contributed by atoms with E-state index in [-0.39, 0.29) is 56.7 Å². The minimum absolute atomic E-state index is 0.160. The van der Waals surface area contributed by atoms with Gasteiger partial charge in [0.05, 0.1) is 0 Å². The molecule has 0 atom stereocenters. The number of rotatable bonds is 11. The van der Waals surface area contributed by atoms with E-state index < -0.39 is 11.5 Å². The third-order valence-electron chi connectivity index (χ3n) is 10.2. The van der Waals surface area contributed by atoms with Gasteiger partial charge in [-0.25, -0.2) is 0 Å². The summed E-state index contributed by atoms with van der Waals surface area (Å²) in [4.78, 5) is 9.19. The van der Waals surface area contributed by atoms with Crippen LogP contribution >= 0.6 is 0 Å². The summed E-state index contributed by atoms with van der Waals surface area (Å²) in [7, 11) is 0. The van der Waals surface area contributed by atoms with Gasteiger partial charge in [0, 0.05) is 69.7 Å². The lowest BCUT2D eigenvalue weighted by Gasteiger charge is -2.23. The zero-order valence-corrected chi connectivity index (χ0v) is 31.6. The van der Waals surface area contributed by atoms with Crippen molar-refractivity contribution in [3.63, 3.8) is 0 Å². The van der Waals surface area contributed by atoms with E-state index in [0.717, 1.165) is 11.1 Å². The van der Waals surface area contributed by atoms with E-state index in [2.05, 4.69) is 9.98 Å². The van der Waals surface area contributed by atoms with Gasteiger partial charge in [-0.2, -0.15) is 0 Å². The molecule has 0 aliphatic rings. The van der Waals surface area contributed by atoms with E-state index in [1.807, 2.05) is 114 Å². The number of aromatic hydroxyl groups is 6. The van der Waals surface area contributed by atoms with Gasteiger partial charge in [0.2, 0.25) is 0 Å². The number of phenolic OH excluding ortho intramolecular Hbond substituents is 6. The number of fused-ring (bicyclic) bond motifs is 2. The third kappa shape index (κ3) is 6.92. The van der Waals surface area contributed by atoms with Gasteiger partial charge in [0.25, 0.3) is 0 Å². The highest BCUT2D eigenvalue weighted by Crippen LogP contribution is 2.54. The monoisotopic (exact) mass is 724 g/mol. The normalized spacial score (nSPS) is 12.1. The first-order valence-electron chi connectivity index (χ1n) is 18.4. The summed E-state index contributed by atoms with van der Waals surface area (Å²) in [5.41, 5.74) is 5.35. The molecule has 0 saturated heterocycles. The Bertz CT molecular complexity index is 2250. The molecule has 278 valence electrons. The molecule has 8 nitrogen and oxygen atoms in total. The maximum absolute atomic E-state index is 12.4. The van der Waals surface area contributed by atoms with Crippen LogP contribution < -0.4 is 0 Å². The van der Waals surface area contributed by atoms with Crippen molar-refractivity contribution in [2.45, 2.75) is 66.2 Å². The topological polar surface area (TPSA) is 146 Å². The highest BCUT2D eigenvalue weighted by molar-refractivity contribution is 6.15. The number of benzene rings is 6. The smallest absolute Gasteiger partial charge is 0.167 e. The number of aliphatic imine (C=N–C) groups is 2. The molecule has 0 bridgehead atoms. The summed E-state index contributed by atoms with van der Waals surface area (Å²) >= 11 is 0. The van der Waals surface area contributed by atoms with E-state index in [1.165, 1.54) is 12.4 Å². The molecule has 0 amide bonds. The van der Waals surface area contributed by atoms with Crippen molar-refractivity contribution in [1.82, 2.24) is 0 Å². The summed E-state index contributed by atoms with van der Waals surface area (Å²) in [6.07, 6.45) is 4.28. The molecule has 54 heavy (non-hydrogen) atoms. The summed E-state index contributed by atoms with van der Waals surface area (Å²) in [6.45, 7) is 12.1. The van der Waals surface area contributed by atoms with E-state index >= 15 is 0 Å². The lowest BCUT2D eigenvalue weighted by atomic mass is 9.83. The Labute approximate surface area is 316 Å². The van der Waals surface area contributed by atoms with Gasteiger partial charge in [-0.3, -0.25) is 9.98 Å². The van der Waals surface area contributed by atoms with E-state index in [9.17, 15) is 30.6 Å². The maximum Gasteiger partial charge on any atom is 0.167 e.